The highest BCUT2D eigenvalue weighted by molar-refractivity contribution is 6.51. The molecular formula is C23H17N3O4. The van der Waals surface area contributed by atoms with E-state index in [0.29, 0.717) is 16.8 Å². The van der Waals surface area contributed by atoms with Crippen molar-refractivity contribution < 1.29 is 19.1 Å². The van der Waals surface area contributed by atoms with Crippen LogP contribution in [0.25, 0.3) is 16.8 Å². The lowest BCUT2D eigenvalue weighted by atomic mass is 9.99. The van der Waals surface area contributed by atoms with Gasteiger partial charge in [0.1, 0.15) is 17.6 Å². The largest absolute Gasteiger partial charge is 0.507 e. The third-order valence-electron chi connectivity index (χ3n) is 5.16. The van der Waals surface area contributed by atoms with Gasteiger partial charge in [-0.25, -0.2) is 4.98 Å². The van der Waals surface area contributed by atoms with E-state index in [1.165, 1.54) is 11.2 Å². The summed E-state index contributed by atoms with van der Waals surface area (Å²) in [4.78, 5) is 34.9. The van der Waals surface area contributed by atoms with Crippen LogP contribution in [0.2, 0.25) is 0 Å². The van der Waals surface area contributed by atoms with Gasteiger partial charge in [-0.2, -0.15) is 0 Å². The fourth-order valence-corrected chi connectivity index (χ4v) is 3.74. The van der Waals surface area contributed by atoms with Gasteiger partial charge in [-0.15, -0.1) is 0 Å². The number of aryl methyl sites for hydroxylation is 1. The van der Waals surface area contributed by atoms with Crippen LogP contribution in [0.3, 0.4) is 0 Å². The summed E-state index contributed by atoms with van der Waals surface area (Å²) in [7, 11) is 0. The first-order valence-electron chi connectivity index (χ1n) is 9.41. The number of aliphatic hydroxyl groups is 1. The molecule has 1 saturated heterocycles. The number of benzene rings is 2. The highest BCUT2D eigenvalue weighted by Gasteiger charge is 2.49. The summed E-state index contributed by atoms with van der Waals surface area (Å²) in [5.41, 5.74) is 2.84. The number of carbonyl (C=O) groups excluding carboxylic acids is 2. The summed E-state index contributed by atoms with van der Waals surface area (Å²) < 4.78 is 5.54. The number of anilines is 1. The smallest absolute Gasteiger partial charge is 0.302 e. The Bertz CT molecular complexity index is 1300. The maximum Gasteiger partial charge on any atom is 0.302 e. The van der Waals surface area contributed by atoms with Gasteiger partial charge >= 0.3 is 5.91 Å². The Kier molecular flexibility index (Phi) is 4.03. The number of nitrogens with zero attached hydrogens (tertiary/aromatic N) is 2. The molecule has 4 aromatic rings. The molecule has 7 nitrogen and oxygen atoms in total. The summed E-state index contributed by atoms with van der Waals surface area (Å²) in [6.07, 6.45) is 1.46. The average Bonchev–Trinajstić information content (AvgIpc) is 3.47. The molecule has 2 N–H and O–H groups in total. The molecule has 3 heterocycles. The number of aliphatic hydroxyl groups excluding tert-OH is 1. The number of imidazole rings is 1. The molecule has 1 aliphatic rings. The van der Waals surface area contributed by atoms with Crippen LogP contribution in [-0.4, -0.2) is 26.8 Å². The van der Waals surface area contributed by atoms with E-state index in [1.54, 1.807) is 42.5 Å². The van der Waals surface area contributed by atoms with Gasteiger partial charge in [-0.1, -0.05) is 36.4 Å². The Labute approximate surface area is 171 Å². The van der Waals surface area contributed by atoms with Crippen molar-refractivity contribution in [2.24, 2.45) is 0 Å². The van der Waals surface area contributed by atoms with Crippen molar-refractivity contribution >= 4 is 34.4 Å². The van der Waals surface area contributed by atoms with E-state index >= 15 is 0 Å². The molecule has 0 spiro atoms. The van der Waals surface area contributed by atoms with Crippen LogP contribution in [0.1, 0.15) is 22.9 Å². The normalized spacial score (nSPS) is 18.4. The highest BCUT2D eigenvalue weighted by atomic mass is 16.3. The molecule has 5 rings (SSSR count). The zero-order valence-electron chi connectivity index (χ0n) is 16.0. The minimum absolute atomic E-state index is 0.0437. The van der Waals surface area contributed by atoms with Crippen LogP contribution in [0, 0.1) is 6.92 Å². The Morgan fingerprint density at radius 1 is 1.10 bits per heavy atom. The van der Waals surface area contributed by atoms with Gasteiger partial charge in [0.2, 0.25) is 5.95 Å². The lowest BCUT2D eigenvalue weighted by Gasteiger charge is -2.20. The number of aromatic amines is 1. The molecule has 1 atom stereocenters. The number of hydrogen-bond donors (Lipinski definition) is 2. The molecule has 2 aromatic carbocycles. The maximum atomic E-state index is 13.0. The molecular weight excluding hydrogens is 382 g/mol. The van der Waals surface area contributed by atoms with Gasteiger partial charge in [0.25, 0.3) is 5.78 Å². The second kappa shape index (κ2) is 6.73. The number of amides is 1. The molecule has 1 fully saturated rings. The second-order valence-corrected chi connectivity index (χ2v) is 7.13. The first-order chi connectivity index (χ1) is 14.5. The van der Waals surface area contributed by atoms with Crippen molar-refractivity contribution in [3.8, 4) is 0 Å². The molecule has 0 bridgehead atoms. The highest BCUT2D eigenvalue weighted by Crippen LogP contribution is 2.41. The fourth-order valence-electron chi connectivity index (χ4n) is 3.74. The van der Waals surface area contributed by atoms with E-state index in [-0.39, 0.29) is 17.3 Å². The average molecular weight is 399 g/mol. The summed E-state index contributed by atoms with van der Waals surface area (Å²) in [6.45, 7) is 1.95. The van der Waals surface area contributed by atoms with Crippen LogP contribution in [0.15, 0.2) is 76.9 Å². The molecule has 1 amide bonds. The summed E-state index contributed by atoms with van der Waals surface area (Å²) in [6, 6.07) is 16.7. The molecule has 7 heteroatoms. The van der Waals surface area contributed by atoms with Crippen LogP contribution < -0.4 is 4.90 Å². The summed E-state index contributed by atoms with van der Waals surface area (Å²) in [5, 5.41) is 10.9. The molecule has 30 heavy (non-hydrogen) atoms. The summed E-state index contributed by atoms with van der Waals surface area (Å²) in [5.74, 6) is -1.28. The number of carbonyl (C=O) groups is 2. The van der Waals surface area contributed by atoms with Crippen molar-refractivity contribution in [1.29, 1.82) is 0 Å². The molecule has 0 saturated carbocycles. The molecule has 1 aliphatic heterocycles. The van der Waals surface area contributed by atoms with Crippen LogP contribution in [-0.2, 0) is 9.59 Å². The van der Waals surface area contributed by atoms with Gasteiger partial charge in [-0.3, -0.25) is 14.5 Å². The van der Waals surface area contributed by atoms with Gasteiger partial charge in [0, 0.05) is 5.56 Å². The van der Waals surface area contributed by atoms with Crippen molar-refractivity contribution in [3.05, 3.63) is 89.4 Å². The second-order valence-electron chi connectivity index (χ2n) is 7.13. The Hall–Kier alpha value is -4.13. The van der Waals surface area contributed by atoms with E-state index in [4.69, 9.17) is 4.42 Å². The molecule has 148 valence electrons. The lowest BCUT2D eigenvalue weighted by molar-refractivity contribution is -0.132. The molecule has 2 aromatic heterocycles. The van der Waals surface area contributed by atoms with Crippen molar-refractivity contribution in [2.45, 2.75) is 13.0 Å². The number of hydrogen-bond acceptors (Lipinski definition) is 5. The maximum absolute atomic E-state index is 13.0. The first-order valence-corrected chi connectivity index (χ1v) is 9.41. The minimum Gasteiger partial charge on any atom is -0.507 e. The van der Waals surface area contributed by atoms with Crippen molar-refractivity contribution in [1.82, 2.24) is 9.97 Å². The lowest BCUT2D eigenvalue weighted by Crippen LogP contribution is -2.30. The van der Waals surface area contributed by atoms with Crippen LogP contribution in [0.4, 0.5) is 5.95 Å². The Balaban J connectivity index is 1.72. The predicted octanol–water partition coefficient (Wildman–Crippen LogP) is 4.09. The third-order valence-corrected chi connectivity index (χ3v) is 5.16. The van der Waals surface area contributed by atoms with Crippen LogP contribution in [0.5, 0.6) is 0 Å². The first kappa shape index (κ1) is 17.9. The fraction of sp³-hybridized carbons (Fsp3) is 0.0870. The zero-order chi connectivity index (χ0) is 20.8. The van der Waals surface area contributed by atoms with Gasteiger partial charge in [-0.05, 0) is 36.8 Å². The van der Waals surface area contributed by atoms with E-state index < -0.39 is 17.7 Å². The predicted molar refractivity (Wildman–Crippen MR) is 111 cm³/mol. The van der Waals surface area contributed by atoms with Gasteiger partial charge in [0.15, 0.2) is 0 Å². The number of furan rings is 1. The standard InChI is InChI=1S/C23H17N3O4/c1-13-9-10-15-16(12-13)25-23(24-15)26-19(17-8-5-11-30-17)18(21(28)22(26)29)20(27)14-6-3-2-4-7-14/h2-12,19,27H,1H3,(H,24,25)/b20-18+. The van der Waals surface area contributed by atoms with Crippen molar-refractivity contribution in [2.75, 3.05) is 4.90 Å². The molecule has 1 unspecified atom stereocenters. The van der Waals surface area contributed by atoms with E-state index in [9.17, 15) is 14.7 Å². The monoisotopic (exact) mass is 399 g/mol. The van der Waals surface area contributed by atoms with Crippen molar-refractivity contribution in [3.63, 3.8) is 0 Å². The number of H-pyrrole nitrogens is 1. The van der Waals surface area contributed by atoms with Crippen LogP contribution >= 0.6 is 0 Å². The number of aromatic nitrogens is 2. The van der Waals surface area contributed by atoms with Gasteiger partial charge < -0.3 is 14.5 Å². The topological polar surface area (TPSA) is 99.4 Å². The zero-order valence-corrected chi connectivity index (χ0v) is 16.0. The number of Topliss-reactive ketones (excluding diaryl/α,β-unsaturated/α-hetero) is 1. The molecule has 0 aliphatic carbocycles. The summed E-state index contributed by atoms with van der Waals surface area (Å²) >= 11 is 0. The van der Waals surface area contributed by atoms with Gasteiger partial charge in [0.05, 0.1) is 22.9 Å². The number of ketones is 1. The minimum atomic E-state index is -0.943. The number of nitrogens with one attached hydrogen (secondary N) is 1. The molecule has 0 radical (unpaired) electrons. The van der Waals surface area contributed by atoms with E-state index in [0.717, 1.165) is 11.1 Å². The quantitative estimate of drug-likeness (QED) is 0.307. The SMILES string of the molecule is Cc1ccc2nc(N3C(=O)C(=O)/C(=C(/O)c4ccccc4)C3c3ccco3)[nH]c2c1. The Morgan fingerprint density at radius 2 is 1.90 bits per heavy atom. The number of fused-ring (bicyclic) bond motifs is 1. The Morgan fingerprint density at radius 3 is 2.63 bits per heavy atom. The third kappa shape index (κ3) is 2.71. The number of rotatable bonds is 3. The van der Waals surface area contributed by atoms with E-state index in [2.05, 4.69) is 9.97 Å². The van der Waals surface area contributed by atoms with E-state index in [1.807, 2.05) is 25.1 Å².